The molecule has 1 aliphatic rings. The Kier molecular flexibility index (Phi) is 6.80. The number of anilines is 1. The molecule has 30 heavy (non-hydrogen) atoms. The number of carbonyl (C=O) groups is 2. The van der Waals surface area contributed by atoms with Crippen LogP contribution in [0.15, 0.2) is 47.4 Å². The monoisotopic (exact) mass is 449 g/mol. The molecule has 0 bridgehead atoms. The van der Waals surface area contributed by atoms with Gasteiger partial charge in [0.15, 0.2) is 0 Å². The standard InChI is InChI=1S/C21H24ClN3O4S/c1-14-6-5-11-25(13-14)30(28,29)19-12-15(9-10-17(19)22)20(26)24-18-8-4-3-7-16(18)21(27)23-2/h3-4,7-10,12,14H,5-6,11,13H2,1-2H3,(H,23,27)(H,24,26). The molecule has 7 nitrogen and oxygen atoms in total. The van der Waals surface area contributed by atoms with Crippen LogP contribution in [0.5, 0.6) is 0 Å². The topological polar surface area (TPSA) is 95.6 Å². The molecule has 2 aromatic rings. The SMILES string of the molecule is CNC(=O)c1ccccc1NC(=O)c1ccc(Cl)c(S(=O)(=O)N2CCCC(C)C2)c1. The van der Waals surface area contributed by atoms with Crippen LogP contribution in [0.25, 0.3) is 0 Å². The van der Waals surface area contributed by atoms with Crippen molar-refractivity contribution in [3.8, 4) is 0 Å². The summed E-state index contributed by atoms with van der Waals surface area (Å²) < 4.78 is 27.7. The van der Waals surface area contributed by atoms with Crippen LogP contribution in [-0.4, -0.2) is 44.7 Å². The molecular weight excluding hydrogens is 426 g/mol. The van der Waals surface area contributed by atoms with Gasteiger partial charge in [-0.3, -0.25) is 9.59 Å². The molecule has 0 aromatic heterocycles. The Bertz CT molecular complexity index is 1070. The first-order valence-corrected chi connectivity index (χ1v) is 11.5. The lowest BCUT2D eigenvalue weighted by atomic mass is 10.0. The first-order chi connectivity index (χ1) is 14.2. The van der Waals surface area contributed by atoms with Crippen molar-refractivity contribution in [2.75, 3.05) is 25.5 Å². The summed E-state index contributed by atoms with van der Waals surface area (Å²) in [5.74, 6) is -0.615. The van der Waals surface area contributed by atoms with Crippen molar-refractivity contribution in [2.45, 2.75) is 24.7 Å². The van der Waals surface area contributed by atoms with Crippen molar-refractivity contribution in [1.82, 2.24) is 9.62 Å². The zero-order valence-corrected chi connectivity index (χ0v) is 18.4. The Labute approximate surface area is 181 Å². The number of sulfonamides is 1. The van der Waals surface area contributed by atoms with Gasteiger partial charge in [-0.2, -0.15) is 4.31 Å². The van der Waals surface area contributed by atoms with Crippen LogP contribution in [0.3, 0.4) is 0 Å². The van der Waals surface area contributed by atoms with Crippen molar-refractivity contribution in [2.24, 2.45) is 5.92 Å². The van der Waals surface area contributed by atoms with Crippen LogP contribution in [-0.2, 0) is 10.0 Å². The zero-order chi connectivity index (χ0) is 21.9. The second kappa shape index (κ2) is 9.16. The summed E-state index contributed by atoms with van der Waals surface area (Å²) in [6.07, 6.45) is 1.77. The minimum absolute atomic E-state index is 0.0653. The molecule has 2 N–H and O–H groups in total. The van der Waals surface area contributed by atoms with Crippen molar-refractivity contribution < 1.29 is 18.0 Å². The number of amides is 2. The number of piperidine rings is 1. The Balaban J connectivity index is 1.90. The van der Waals surface area contributed by atoms with Crippen LogP contribution < -0.4 is 10.6 Å². The normalized spacial score (nSPS) is 17.4. The lowest BCUT2D eigenvalue weighted by molar-refractivity contribution is 0.0964. The van der Waals surface area contributed by atoms with E-state index < -0.39 is 15.9 Å². The van der Waals surface area contributed by atoms with Crippen molar-refractivity contribution in [3.05, 3.63) is 58.6 Å². The highest BCUT2D eigenvalue weighted by molar-refractivity contribution is 7.89. The maximum absolute atomic E-state index is 13.1. The molecule has 1 atom stereocenters. The van der Waals surface area contributed by atoms with Gasteiger partial charge in [0, 0.05) is 25.7 Å². The average molecular weight is 450 g/mol. The minimum atomic E-state index is -3.82. The molecule has 1 heterocycles. The number of para-hydroxylation sites is 1. The van der Waals surface area contributed by atoms with Gasteiger partial charge in [-0.1, -0.05) is 30.7 Å². The van der Waals surface area contributed by atoms with E-state index in [0.29, 0.717) is 24.3 Å². The average Bonchev–Trinajstić information content (AvgIpc) is 2.73. The molecule has 1 aliphatic heterocycles. The maximum atomic E-state index is 13.1. The Morgan fingerprint density at radius 2 is 1.87 bits per heavy atom. The number of carbonyl (C=O) groups excluding carboxylic acids is 2. The van der Waals surface area contributed by atoms with Gasteiger partial charge in [0.1, 0.15) is 4.90 Å². The molecule has 0 saturated carbocycles. The van der Waals surface area contributed by atoms with Gasteiger partial charge in [-0.25, -0.2) is 8.42 Å². The molecule has 9 heteroatoms. The van der Waals surface area contributed by atoms with Crippen molar-refractivity contribution in [3.63, 3.8) is 0 Å². The first kappa shape index (κ1) is 22.3. The van der Waals surface area contributed by atoms with Crippen LogP contribution in [0.4, 0.5) is 5.69 Å². The summed E-state index contributed by atoms with van der Waals surface area (Å²) in [7, 11) is -2.32. The first-order valence-electron chi connectivity index (χ1n) is 9.66. The minimum Gasteiger partial charge on any atom is -0.355 e. The van der Waals surface area contributed by atoms with Crippen molar-refractivity contribution >= 4 is 39.1 Å². The molecule has 1 fully saturated rings. The second-order valence-corrected chi connectivity index (χ2v) is 9.65. The maximum Gasteiger partial charge on any atom is 0.255 e. The largest absolute Gasteiger partial charge is 0.355 e. The van der Waals surface area contributed by atoms with E-state index in [2.05, 4.69) is 10.6 Å². The third-order valence-corrected chi connectivity index (χ3v) is 7.42. The number of nitrogens with zero attached hydrogens (tertiary/aromatic N) is 1. The number of rotatable bonds is 5. The fourth-order valence-corrected chi connectivity index (χ4v) is 5.56. The lowest BCUT2D eigenvalue weighted by Crippen LogP contribution is -2.39. The highest BCUT2D eigenvalue weighted by Crippen LogP contribution is 2.29. The van der Waals surface area contributed by atoms with Gasteiger partial charge >= 0.3 is 0 Å². The predicted octanol–water partition coefficient (Wildman–Crippen LogP) is 3.37. The zero-order valence-electron chi connectivity index (χ0n) is 16.8. The molecule has 1 saturated heterocycles. The molecule has 160 valence electrons. The Hall–Kier alpha value is -2.42. The third-order valence-electron chi connectivity index (χ3n) is 5.08. The number of benzene rings is 2. The number of hydrogen-bond donors (Lipinski definition) is 2. The van der Waals surface area contributed by atoms with Crippen LogP contribution in [0.1, 0.15) is 40.5 Å². The summed E-state index contributed by atoms with van der Waals surface area (Å²) in [6, 6.07) is 10.7. The van der Waals surface area contributed by atoms with Crippen LogP contribution in [0.2, 0.25) is 5.02 Å². The van der Waals surface area contributed by atoms with E-state index in [-0.39, 0.29) is 27.3 Å². The van der Waals surface area contributed by atoms with Gasteiger partial charge in [-0.05, 0) is 49.1 Å². The van der Waals surface area contributed by atoms with E-state index >= 15 is 0 Å². The number of nitrogens with one attached hydrogen (secondary N) is 2. The van der Waals surface area contributed by atoms with Gasteiger partial charge in [0.25, 0.3) is 11.8 Å². The van der Waals surface area contributed by atoms with E-state index in [1.54, 1.807) is 24.3 Å². The summed E-state index contributed by atoms with van der Waals surface area (Å²) in [4.78, 5) is 24.7. The van der Waals surface area contributed by atoms with Gasteiger partial charge in [0.2, 0.25) is 10.0 Å². The van der Waals surface area contributed by atoms with Crippen LogP contribution >= 0.6 is 11.6 Å². The molecule has 2 amide bonds. The molecular formula is C21H24ClN3O4S. The highest BCUT2D eigenvalue weighted by Gasteiger charge is 2.31. The molecule has 0 spiro atoms. The molecule has 0 aliphatic carbocycles. The molecule has 1 unspecified atom stereocenters. The molecule has 2 aromatic carbocycles. The van der Waals surface area contributed by atoms with Gasteiger partial charge in [-0.15, -0.1) is 0 Å². The second-order valence-electron chi connectivity index (χ2n) is 7.33. The van der Waals surface area contributed by atoms with E-state index in [4.69, 9.17) is 11.6 Å². The summed E-state index contributed by atoms with van der Waals surface area (Å²) in [6.45, 7) is 2.87. The summed E-state index contributed by atoms with van der Waals surface area (Å²) in [5.41, 5.74) is 0.762. The van der Waals surface area contributed by atoms with Gasteiger partial charge in [0.05, 0.1) is 16.3 Å². The van der Waals surface area contributed by atoms with E-state index in [0.717, 1.165) is 12.8 Å². The van der Waals surface area contributed by atoms with E-state index in [1.165, 1.54) is 29.6 Å². The molecule has 0 radical (unpaired) electrons. The number of hydrogen-bond acceptors (Lipinski definition) is 4. The predicted molar refractivity (Wildman–Crippen MR) is 116 cm³/mol. The van der Waals surface area contributed by atoms with E-state index in [1.807, 2.05) is 6.92 Å². The highest BCUT2D eigenvalue weighted by atomic mass is 35.5. The smallest absolute Gasteiger partial charge is 0.255 e. The fourth-order valence-electron chi connectivity index (χ4n) is 3.47. The lowest BCUT2D eigenvalue weighted by Gasteiger charge is -2.30. The Morgan fingerprint density at radius 3 is 2.57 bits per heavy atom. The fraction of sp³-hybridized carbons (Fsp3) is 0.333. The van der Waals surface area contributed by atoms with E-state index in [9.17, 15) is 18.0 Å². The Morgan fingerprint density at radius 1 is 1.13 bits per heavy atom. The van der Waals surface area contributed by atoms with Crippen LogP contribution in [0, 0.1) is 5.92 Å². The third kappa shape index (κ3) is 4.66. The van der Waals surface area contributed by atoms with Crippen molar-refractivity contribution in [1.29, 1.82) is 0 Å². The molecule has 3 rings (SSSR count). The quantitative estimate of drug-likeness (QED) is 0.731. The summed E-state index contributed by atoms with van der Waals surface area (Å²) in [5, 5.41) is 5.26. The summed E-state index contributed by atoms with van der Waals surface area (Å²) >= 11 is 6.20. The number of halogens is 1. The van der Waals surface area contributed by atoms with Gasteiger partial charge < -0.3 is 10.6 Å².